The van der Waals surface area contributed by atoms with Crippen LogP contribution in [0.4, 0.5) is 0 Å². The third-order valence-electron chi connectivity index (χ3n) is 5.40. The maximum atomic E-state index is 6.72. The Morgan fingerprint density at radius 3 is 2.24 bits per heavy atom. The summed E-state index contributed by atoms with van der Waals surface area (Å²) >= 11 is 0. The minimum atomic E-state index is -0.00708. The summed E-state index contributed by atoms with van der Waals surface area (Å²) in [4.78, 5) is 0. The van der Waals surface area contributed by atoms with Gasteiger partial charge in [-0.15, -0.1) is 0 Å². The molecule has 2 rings (SSSR count). The summed E-state index contributed by atoms with van der Waals surface area (Å²) < 4.78 is 6.72. The van der Waals surface area contributed by atoms with E-state index in [2.05, 4.69) is 39.9 Å². The molecule has 1 aliphatic heterocycles. The first-order chi connectivity index (χ1) is 7.81. The van der Waals surface area contributed by atoms with Gasteiger partial charge in [-0.1, -0.05) is 40.5 Å². The third-order valence-corrected chi connectivity index (χ3v) is 5.40. The molecule has 0 bridgehead atoms. The zero-order valence-corrected chi connectivity index (χ0v) is 12.2. The fourth-order valence-electron chi connectivity index (χ4n) is 3.41. The van der Waals surface area contributed by atoms with E-state index in [-0.39, 0.29) is 11.2 Å². The highest BCUT2D eigenvalue weighted by Gasteiger charge is 2.53. The average Bonchev–Trinajstić information content (AvgIpc) is 2.23. The molecule has 1 aliphatic carbocycles. The largest absolute Gasteiger partial charge is 0.365 e. The second-order valence-corrected chi connectivity index (χ2v) is 7.26. The summed E-state index contributed by atoms with van der Waals surface area (Å²) in [6.07, 6.45) is 5.19. The first-order valence-electron chi connectivity index (χ1n) is 7.22. The number of nitrogens with one attached hydrogen (secondary N) is 1. The Kier molecular flexibility index (Phi) is 3.33. The van der Waals surface area contributed by atoms with Crippen LogP contribution in [0.15, 0.2) is 0 Å². The van der Waals surface area contributed by atoms with Crippen LogP contribution in [0, 0.1) is 11.3 Å². The highest BCUT2D eigenvalue weighted by atomic mass is 16.5. The van der Waals surface area contributed by atoms with Crippen molar-refractivity contribution in [2.24, 2.45) is 11.3 Å². The highest BCUT2D eigenvalue weighted by Crippen LogP contribution is 2.49. The molecule has 1 heterocycles. The molecule has 0 amide bonds. The van der Waals surface area contributed by atoms with Crippen molar-refractivity contribution in [3.05, 3.63) is 0 Å². The molecule has 2 heteroatoms. The van der Waals surface area contributed by atoms with E-state index < -0.39 is 0 Å². The molecular weight excluding hydrogens is 210 g/mol. The van der Waals surface area contributed by atoms with Gasteiger partial charge in [0.2, 0.25) is 0 Å². The number of hydrogen-bond acceptors (Lipinski definition) is 2. The van der Waals surface area contributed by atoms with E-state index in [1.165, 1.54) is 25.7 Å². The Morgan fingerprint density at radius 1 is 1.00 bits per heavy atom. The molecule has 2 atom stereocenters. The molecule has 2 aliphatic rings. The molecule has 100 valence electrons. The minimum absolute atomic E-state index is 0.00708. The first-order valence-corrected chi connectivity index (χ1v) is 7.22. The van der Waals surface area contributed by atoms with Crippen LogP contribution in [-0.4, -0.2) is 24.3 Å². The molecule has 17 heavy (non-hydrogen) atoms. The van der Waals surface area contributed by atoms with Crippen LogP contribution < -0.4 is 5.32 Å². The molecule has 2 fully saturated rings. The summed E-state index contributed by atoms with van der Waals surface area (Å²) in [5.74, 6) is 0.560. The van der Waals surface area contributed by atoms with Crippen LogP contribution in [-0.2, 0) is 4.74 Å². The fraction of sp³-hybridized carbons (Fsp3) is 1.00. The van der Waals surface area contributed by atoms with Gasteiger partial charge in [-0.25, -0.2) is 0 Å². The third kappa shape index (κ3) is 2.15. The number of hydrogen-bond donors (Lipinski definition) is 1. The van der Waals surface area contributed by atoms with Gasteiger partial charge in [-0.3, -0.25) is 0 Å². The molecule has 1 saturated carbocycles. The Labute approximate surface area is 107 Å². The smallest absolute Gasteiger partial charge is 0.0864 e. The van der Waals surface area contributed by atoms with Crippen molar-refractivity contribution in [3.63, 3.8) is 0 Å². The quantitative estimate of drug-likeness (QED) is 0.757. The van der Waals surface area contributed by atoms with Gasteiger partial charge in [0, 0.05) is 13.1 Å². The molecule has 0 aromatic carbocycles. The second kappa shape index (κ2) is 4.24. The van der Waals surface area contributed by atoms with Gasteiger partial charge in [-0.2, -0.15) is 0 Å². The standard InChI is InChI=1S/C15H29NO/c1-12(2)14(5)10-16-11-15(17-14)9-7-6-8-13(15,3)4/h12,16H,6-11H2,1-5H3. The van der Waals surface area contributed by atoms with Crippen molar-refractivity contribution in [1.29, 1.82) is 0 Å². The molecule has 2 unspecified atom stereocenters. The average molecular weight is 239 g/mol. The summed E-state index contributed by atoms with van der Waals surface area (Å²) in [6, 6.07) is 0. The van der Waals surface area contributed by atoms with Crippen molar-refractivity contribution in [2.45, 2.75) is 71.5 Å². The first kappa shape index (κ1) is 13.4. The van der Waals surface area contributed by atoms with Crippen LogP contribution in [0.25, 0.3) is 0 Å². The van der Waals surface area contributed by atoms with Gasteiger partial charge >= 0.3 is 0 Å². The predicted octanol–water partition coefficient (Wildman–Crippen LogP) is 3.36. The molecular formula is C15H29NO. The number of rotatable bonds is 1. The van der Waals surface area contributed by atoms with Crippen LogP contribution in [0.1, 0.15) is 60.3 Å². The van der Waals surface area contributed by atoms with E-state index in [0.29, 0.717) is 11.3 Å². The minimum Gasteiger partial charge on any atom is -0.365 e. The van der Waals surface area contributed by atoms with Crippen LogP contribution in [0.5, 0.6) is 0 Å². The number of ether oxygens (including phenoxy) is 1. The van der Waals surface area contributed by atoms with Gasteiger partial charge < -0.3 is 10.1 Å². The lowest BCUT2D eigenvalue weighted by Crippen LogP contribution is -2.66. The van der Waals surface area contributed by atoms with Crippen molar-refractivity contribution < 1.29 is 4.74 Å². The summed E-state index contributed by atoms with van der Waals surface area (Å²) in [5.41, 5.74) is 0.351. The lowest BCUT2D eigenvalue weighted by molar-refractivity contribution is -0.244. The van der Waals surface area contributed by atoms with Crippen molar-refractivity contribution >= 4 is 0 Å². The monoisotopic (exact) mass is 239 g/mol. The van der Waals surface area contributed by atoms with Crippen molar-refractivity contribution in [2.75, 3.05) is 13.1 Å². The van der Waals surface area contributed by atoms with Crippen molar-refractivity contribution in [1.82, 2.24) is 5.32 Å². The van der Waals surface area contributed by atoms with Gasteiger partial charge in [0.05, 0.1) is 11.2 Å². The summed E-state index contributed by atoms with van der Waals surface area (Å²) in [5, 5.41) is 3.65. The summed E-state index contributed by atoms with van der Waals surface area (Å²) in [7, 11) is 0. The maximum absolute atomic E-state index is 6.72. The zero-order chi connectivity index (χ0) is 12.7. The molecule has 0 aromatic heterocycles. The summed E-state index contributed by atoms with van der Waals surface area (Å²) in [6.45, 7) is 13.6. The molecule has 0 aromatic rings. The van der Waals surface area contributed by atoms with Crippen molar-refractivity contribution in [3.8, 4) is 0 Å². The Balaban J connectivity index is 2.25. The van der Waals surface area contributed by atoms with E-state index in [4.69, 9.17) is 4.74 Å². The van der Waals surface area contributed by atoms with E-state index >= 15 is 0 Å². The van der Waals surface area contributed by atoms with Gasteiger partial charge in [0.15, 0.2) is 0 Å². The Morgan fingerprint density at radius 2 is 1.65 bits per heavy atom. The molecule has 1 saturated heterocycles. The van der Waals surface area contributed by atoms with E-state index in [0.717, 1.165) is 13.1 Å². The molecule has 2 nitrogen and oxygen atoms in total. The molecule has 1 N–H and O–H groups in total. The van der Waals surface area contributed by atoms with E-state index in [9.17, 15) is 0 Å². The lowest BCUT2D eigenvalue weighted by Gasteiger charge is -2.57. The predicted molar refractivity (Wildman–Crippen MR) is 72.2 cm³/mol. The van der Waals surface area contributed by atoms with Gasteiger partial charge in [-0.05, 0) is 31.1 Å². The Bertz CT molecular complexity index is 283. The molecule has 0 radical (unpaired) electrons. The molecule has 1 spiro atoms. The number of morpholine rings is 1. The van der Waals surface area contributed by atoms with Crippen LogP contribution in [0.3, 0.4) is 0 Å². The van der Waals surface area contributed by atoms with Crippen LogP contribution in [0.2, 0.25) is 0 Å². The Hall–Kier alpha value is -0.0800. The zero-order valence-electron chi connectivity index (χ0n) is 12.2. The SMILES string of the molecule is CC(C)C1(C)CNCC2(CCCCC2(C)C)O1. The lowest BCUT2D eigenvalue weighted by atomic mass is 9.64. The second-order valence-electron chi connectivity index (χ2n) is 7.26. The topological polar surface area (TPSA) is 21.3 Å². The maximum Gasteiger partial charge on any atom is 0.0864 e. The fourth-order valence-corrected chi connectivity index (χ4v) is 3.41. The normalized spacial score (nSPS) is 42.0. The van der Waals surface area contributed by atoms with Gasteiger partial charge in [0.1, 0.15) is 0 Å². The van der Waals surface area contributed by atoms with Gasteiger partial charge in [0.25, 0.3) is 0 Å². The highest BCUT2D eigenvalue weighted by molar-refractivity contribution is 5.05. The van der Waals surface area contributed by atoms with E-state index in [1.54, 1.807) is 0 Å². The van der Waals surface area contributed by atoms with Crippen LogP contribution >= 0.6 is 0 Å². The van der Waals surface area contributed by atoms with E-state index in [1.807, 2.05) is 0 Å².